The summed E-state index contributed by atoms with van der Waals surface area (Å²) in [6.45, 7) is 6.14. The summed E-state index contributed by atoms with van der Waals surface area (Å²) < 4.78 is 5.88. The fraction of sp³-hybridized carbons (Fsp3) is 0.412. The summed E-state index contributed by atoms with van der Waals surface area (Å²) in [6, 6.07) is 8.13. The van der Waals surface area contributed by atoms with Crippen LogP contribution in [-0.2, 0) is 12.8 Å². The number of benzene rings is 1. The molecule has 0 bridgehead atoms. The molecule has 0 atom stereocenters. The van der Waals surface area contributed by atoms with Crippen LogP contribution in [0.2, 0.25) is 0 Å². The van der Waals surface area contributed by atoms with Crippen LogP contribution in [-0.4, -0.2) is 9.97 Å². The zero-order chi connectivity index (χ0) is 15.2. The molecule has 0 aliphatic carbocycles. The topological polar surface area (TPSA) is 61.0 Å². The molecule has 2 N–H and O–H groups in total. The Hall–Kier alpha value is -2.10. The van der Waals surface area contributed by atoms with Gasteiger partial charge in [0.25, 0.3) is 0 Å². The molecule has 0 radical (unpaired) electrons. The second kappa shape index (κ2) is 7.07. The quantitative estimate of drug-likeness (QED) is 0.869. The lowest BCUT2D eigenvalue weighted by Crippen LogP contribution is -2.05. The van der Waals surface area contributed by atoms with E-state index in [1.165, 1.54) is 5.56 Å². The second-order valence-electron chi connectivity index (χ2n) is 5.20. The SMILES string of the molecule is CCCc1ccc(Oc2nc(CCC)nc(N)c2C)cc1. The number of nitrogens with two attached hydrogens (primary N) is 1. The molecule has 112 valence electrons. The van der Waals surface area contributed by atoms with Crippen molar-refractivity contribution in [2.75, 3.05) is 5.73 Å². The molecule has 4 nitrogen and oxygen atoms in total. The lowest BCUT2D eigenvalue weighted by molar-refractivity contribution is 0.454. The van der Waals surface area contributed by atoms with Crippen LogP contribution in [0, 0.1) is 6.92 Å². The van der Waals surface area contributed by atoms with Gasteiger partial charge in [-0.3, -0.25) is 0 Å². The molecule has 0 spiro atoms. The van der Waals surface area contributed by atoms with E-state index in [1.807, 2.05) is 19.1 Å². The summed E-state index contributed by atoms with van der Waals surface area (Å²) in [4.78, 5) is 8.75. The van der Waals surface area contributed by atoms with Crippen molar-refractivity contribution in [2.45, 2.75) is 46.5 Å². The summed E-state index contributed by atoms with van der Waals surface area (Å²) in [5.41, 5.74) is 8.04. The van der Waals surface area contributed by atoms with E-state index in [9.17, 15) is 0 Å². The van der Waals surface area contributed by atoms with Crippen molar-refractivity contribution >= 4 is 5.82 Å². The van der Waals surface area contributed by atoms with E-state index in [0.29, 0.717) is 11.7 Å². The maximum atomic E-state index is 5.94. The number of rotatable bonds is 6. The number of nitrogens with zero attached hydrogens (tertiary/aromatic N) is 2. The Morgan fingerprint density at radius 3 is 2.29 bits per heavy atom. The molecule has 1 heterocycles. The molecule has 0 amide bonds. The molecule has 2 aromatic rings. The van der Waals surface area contributed by atoms with Crippen molar-refractivity contribution in [2.24, 2.45) is 0 Å². The lowest BCUT2D eigenvalue weighted by Gasteiger charge is -2.11. The van der Waals surface area contributed by atoms with Crippen LogP contribution in [0.25, 0.3) is 0 Å². The van der Waals surface area contributed by atoms with Crippen molar-refractivity contribution < 1.29 is 4.74 Å². The average Bonchev–Trinajstić information content (AvgIpc) is 2.47. The van der Waals surface area contributed by atoms with Crippen molar-refractivity contribution in [3.05, 3.63) is 41.2 Å². The highest BCUT2D eigenvalue weighted by atomic mass is 16.5. The predicted octanol–water partition coefficient (Wildman–Crippen LogP) is 4.06. The molecule has 0 aliphatic heterocycles. The Morgan fingerprint density at radius 2 is 1.67 bits per heavy atom. The third kappa shape index (κ3) is 3.94. The first-order valence-corrected chi connectivity index (χ1v) is 7.53. The van der Waals surface area contributed by atoms with E-state index in [0.717, 1.165) is 42.8 Å². The lowest BCUT2D eigenvalue weighted by atomic mass is 10.1. The van der Waals surface area contributed by atoms with Crippen LogP contribution >= 0.6 is 0 Å². The Morgan fingerprint density at radius 1 is 1.00 bits per heavy atom. The molecular weight excluding hydrogens is 262 g/mol. The summed E-state index contributed by atoms with van der Waals surface area (Å²) >= 11 is 0. The largest absolute Gasteiger partial charge is 0.439 e. The standard InChI is InChI=1S/C17H23N3O/c1-4-6-13-8-10-14(11-9-13)21-17-12(3)16(18)19-15(20-17)7-5-2/h8-11H,4-7H2,1-3H3,(H2,18,19,20). The molecular formula is C17H23N3O. The smallest absolute Gasteiger partial charge is 0.227 e. The van der Waals surface area contributed by atoms with Gasteiger partial charge in [0.1, 0.15) is 17.4 Å². The van der Waals surface area contributed by atoms with Crippen LogP contribution < -0.4 is 10.5 Å². The number of hydrogen-bond acceptors (Lipinski definition) is 4. The maximum Gasteiger partial charge on any atom is 0.227 e. The second-order valence-corrected chi connectivity index (χ2v) is 5.20. The Balaban J connectivity index is 2.21. The number of anilines is 1. The van der Waals surface area contributed by atoms with Gasteiger partial charge in [0.05, 0.1) is 5.56 Å². The third-order valence-electron chi connectivity index (χ3n) is 3.34. The van der Waals surface area contributed by atoms with Gasteiger partial charge in [-0.25, -0.2) is 4.98 Å². The highest BCUT2D eigenvalue weighted by Gasteiger charge is 2.10. The predicted molar refractivity (Wildman–Crippen MR) is 85.7 cm³/mol. The molecule has 4 heteroatoms. The van der Waals surface area contributed by atoms with Gasteiger partial charge in [-0.15, -0.1) is 0 Å². The molecule has 0 saturated heterocycles. The highest BCUT2D eigenvalue weighted by Crippen LogP contribution is 2.26. The fourth-order valence-electron chi connectivity index (χ4n) is 2.12. The number of ether oxygens (including phenoxy) is 1. The molecule has 21 heavy (non-hydrogen) atoms. The minimum absolute atomic E-state index is 0.492. The van der Waals surface area contributed by atoms with Crippen LogP contribution in [0.15, 0.2) is 24.3 Å². The Bertz CT molecular complexity index is 594. The van der Waals surface area contributed by atoms with E-state index in [4.69, 9.17) is 10.5 Å². The molecule has 0 fully saturated rings. The van der Waals surface area contributed by atoms with Gasteiger partial charge in [-0.1, -0.05) is 32.4 Å². The number of nitrogen functional groups attached to an aromatic ring is 1. The van der Waals surface area contributed by atoms with Crippen LogP contribution in [0.3, 0.4) is 0 Å². The monoisotopic (exact) mass is 285 g/mol. The Labute approximate surface area is 126 Å². The van der Waals surface area contributed by atoms with Crippen molar-refractivity contribution in [1.29, 1.82) is 0 Å². The van der Waals surface area contributed by atoms with Crippen molar-refractivity contribution in [3.8, 4) is 11.6 Å². The van der Waals surface area contributed by atoms with Crippen LogP contribution in [0.5, 0.6) is 11.6 Å². The average molecular weight is 285 g/mol. The first kappa shape index (κ1) is 15.3. The van der Waals surface area contributed by atoms with Gasteiger partial charge in [0.2, 0.25) is 5.88 Å². The van der Waals surface area contributed by atoms with Gasteiger partial charge in [-0.2, -0.15) is 4.98 Å². The first-order chi connectivity index (χ1) is 10.1. The first-order valence-electron chi connectivity index (χ1n) is 7.53. The minimum Gasteiger partial charge on any atom is -0.439 e. The van der Waals surface area contributed by atoms with Gasteiger partial charge in [-0.05, 0) is 37.5 Å². The summed E-state index contributed by atoms with van der Waals surface area (Å²) in [5.74, 6) is 2.55. The van der Waals surface area contributed by atoms with E-state index in [2.05, 4.69) is 35.9 Å². The van der Waals surface area contributed by atoms with E-state index >= 15 is 0 Å². The van der Waals surface area contributed by atoms with E-state index in [1.54, 1.807) is 0 Å². The minimum atomic E-state index is 0.492. The number of aryl methyl sites for hydroxylation is 2. The summed E-state index contributed by atoms with van der Waals surface area (Å²) in [6.07, 6.45) is 4.01. The van der Waals surface area contributed by atoms with E-state index < -0.39 is 0 Å². The molecule has 2 rings (SSSR count). The van der Waals surface area contributed by atoms with E-state index in [-0.39, 0.29) is 0 Å². The molecule has 1 aromatic carbocycles. The molecule has 0 aliphatic rings. The third-order valence-corrected chi connectivity index (χ3v) is 3.34. The van der Waals surface area contributed by atoms with Gasteiger partial charge < -0.3 is 10.5 Å². The summed E-state index contributed by atoms with van der Waals surface area (Å²) in [5, 5.41) is 0. The van der Waals surface area contributed by atoms with Crippen LogP contribution in [0.1, 0.15) is 43.6 Å². The Kier molecular flexibility index (Phi) is 5.14. The zero-order valence-corrected chi connectivity index (χ0v) is 13.0. The van der Waals surface area contributed by atoms with Crippen molar-refractivity contribution in [3.63, 3.8) is 0 Å². The fourth-order valence-corrected chi connectivity index (χ4v) is 2.12. The molecule has 0 unspecified atom stereocenters. The van der Waals surface area contributed by atoms with Crippen molar-refractivity contribution in [1.82, 2.24) is 9.97 Å². The van der Waals surface area contributed by atoms with Gasteiger partial charge >= 0.3 is 0 Å². The normalized spacial score (nSPS) is 10.6. The van der Waals surface area contributed by atoms with Crippen LogP contribution in [0.4, 0.5) is 5.82 Å². The van der Waals surface area contributed by atoms with Gasteiger partial charge in [0, 0.05) is 6.42 Å². The molecule has 0 saturated carbocycles. The zero-order valence-electron chi connectivity index (χ0n) is 13.0. The number of aromatic nitrogens is 2. The highest BCUT2D eigenvalue weighted by molar-refractivity contribution is 5.46. The summed E-state index contributed by atoms with van der Waals surface area (Å²) in [7, 11) is 0. The van der Waals surface area contributed by atoms with Gasteiger partial charge in [0.15, 0.2) is 0 Å². The number of hydrogen-bond donors (Lipinski definition) is 1. The molecule has 1 aromatic heterocycles. The maximum absolute atomic E-state index is 5.94.